The van der Waals surface area contributed by atoms with Crippen molar-refractivity contribution in [2.75, 3.05) is 31.7 Å². The first-order valence-corrected chi connectivity index (χ1v) is 8.00. The van der Waals surface area contributed by atoms with Crippen molar-refractivity contribution in [1.29, 1.82) is 0 Å². The number of carbonyl (C=O) groups is 2. The lowest BCUT2D eigenvalue weighted by molar-refractivity contribution is -0.129. The molecule has 1 aromatic carbocycles. The van der Waals surface area contributed by atoms with Crippen LogP contribution in [0.25, 0.3) is 0 Å². The zero-order chi connectivity index (χ0) is 15.7. The SMILES string of the molecule is CN(CCOc1cccc(Cl)c1)C(=O)CCSCC(N)=O. The van der Waals surface area contributed by atoms with E-state index in [1.807, 2.05) is 12.1 Å². The van der Waals surface area contributed by atoms with Crippen molar-refractivity contribution in [1.82, 2.24) is 4.90 Å². The molecule has 0 spiro atoms. The third kappa shape index (κ3) is 7.82. The molecule has 5 nitrogen and oxygen atoms in total. The van der Waals surface area contributed by atoms with Gasteiger partial charge in [-0.25, -0.2) is 0 Å². The van der Waals surface area contributed by atoms with Gasteiger partial charge in [-0.15, -0.1) is 0 Å². The summed E-state index contributed by atoms with van der Waals surface area (Å²) in [6, 6.07) is 7.12. The average Bonchev–Trinajstić information content (AvgIpc) is 2.43. The molecule has 21 heavy (non-hydrogen) atoms. The number of nitrogens with zero attached hydrogens (tertiary/aromatic N) is 1. The third-order valence-electron chi connectivity index (χ3n) is 2.62. The Morgan fingerprint density at radius 1 is 1.43 bits per heavy atom. The Morgan fingerprint density at radius 2 is 2.19 bits per heavy atom. The second kappa shape index (κ2) is 9.52. The molecule has 0 unspecified atom stereocenters. The summed E-state index contributed by atoms with van der Waals surface area (Å²) in [4.78, 5) is 24.0. The first-order valence-electron chi connectivity index (χ1n) is 6.47. The zero-order valence-corrected chi connectivity index (χ0v) is 13.5. The van der Waals surface area contributed by atoms with Crippen LogP contribution >= 0.6 is 23.4 Å². The van der Waals surface area contributed by atoms with Crippen LogP contribution in [0.2, 0.25) is 5.02 Å². The molecule has 2 N–H and O–H groups in total. The van der Waals surface area contributed by atoms with Gasteiger partial charge in [-0.3, -0.25) is 9.59 Å². The van der Waals surface area contributed by atoms with Crippen LogP contribution in [-0.2, 0) is 9.59 Å². The predicted octanol–water partition coefficient (Wildman–Crippen LogP) is 1.79. The van der Waals surface area contributed by atoms with Crippen molar-refractivity contribution in [3.05, 3.63) is 29.3 Å². The highest BCUT2D eigenvalue weighted by Crippen LogP contribution is 2.16. The van der Waals surface area contributed by atoms with E-state index in [0.29, 0.717) is 36.1 Å². The molecule has 7 heteroatoms. The van der Waals surface area contributed by atoms with Gasteiger partial charge in [-0.05, 0) is 18.2 Å². The summed E-state index contributed by atoms with van der Waals surface area (Å²) in [6.07, 6.45) is 0.381. The molecular weight excluding hydrogens is 312 g/mol. The summed E-state index contributed by atoms with van der Waals surface area (Å²) >= 11 is 7.21. The number of likely N-dealkylation sites (N-methyl/N-ethyl adjacent to an activating group) is 1. The largest absolute Gasteiger partial charge is 0.492 e. The maximum Gasteiger partial charge on any atom is 0.227 e. The minimum atomic E-state index is -0.365. The molecule has 0 bridgehead atoms. The third-order valence-corrected chi connectivity index (χ3v) is 3.84. The molecule has 0 fully saturated rings. The van der Waals surface area contributed by atoms with E-state index in [9.17, 15) is 9.59 Å². The van der Waals surface area contributed by atoms with Gasteiger partial charge < -0.3 is 15.4 Å². The molecule has 0 aliphatic carbocycles. The van der Waals surface area contributed by atoms with Crippen LogP contribution in [0, 0.1) is 0 Å². The topological polar surface area (TPSA) is 72.6 Å². The van der Waals surface area contributed by atoms with Crippen LogP contribution in [0.5, 0.6) is 5.75 Å². The lowest BCUT2D eigenvalue weighted by Gasteiger charge is -2.17. The van der Waals surface area contributed by atoms with E-state index in [4.69, 9.17) is 22.1 Å². The molecule has 0 aliphatic heterocycles. The summed E-state index contributed by atoms with van der Waals surface area (Å²) < 4.78 is 5.52. The van der Waals surface area contributed by atoms with E-state index >= 15 is 0 Å². The highest BCUT2D eigenvalue weighted by atomic mass is 35.5. The fourth-order valence-corrected chi connectivity index (χ4v) is 2.35. The average molecular weight is 331 g/mol. The van der Waals surface area contributed by atoms with Crippen LogP contribution in [0.4, 0.5) is 0 Å². The Morgan fingerprint density at radius 3 is 2.86 bits per heavy atom. The molecule has 0 atom stereocenters. The molecule has 0 saturated heterocycles. The number of hydrogen-bond donors (Lipinski definition) is 1. The standard InChI is InChI=1S/C14H19ClN2O3S/c1-17(14(19)5-8-21-10-13(16)18)6-7-20-12-4-2-3-11(15)9-12/h2-4,9H,5-8,10H2,1H3,(H2,16,18). The highest BCUT2D eigenvalue weighted by molar-refractivity contribution is 7.99. The summed E-state index contributed by atoms with van der Waals surface area (Å²) in [5, 5.41) is 0.614. The quantitative estimate of drug-likeness (QED) is 0.701. The van der Waals surface area contributed by atoms with Crippen LogP contribution in [0.15, 0.2) is 24.3 Å². The molecule has 0 radical (unpaired) electrons. The van der Waals surface area contributed by atoms with Crippen LogP contribution in [0.1, 0.15) is 6.42 Å². The molecule has 2 amide bonds. The van der Waals surface area contributed by atoms with Crippen LogP contribution in [-0.4, -0.2) is 48.4 Å². The van der Waals surface area contributed by atoms with Crippen molar-refractivity contribution in [3.8, 4) is 5.75 Å². The molecule has 0 heterocycles. The molecule has 116 valence electrons. The van der Waals surface area contributed by atoms with E-state index in [1.54, 1.807) is 24.1 Å². The smallest absolute Gasteiger partial charge is 0.227 e. The Labute approximate surface area is 133 Å². The van der Waals surface area contributed by atoms with Crippen LogP contribution in [0.3, 0.4) is 0 Å². The lowest BCUT2D eigenvalue weighted by Crippen LogP contribution is -2.31. The van der Waals surface area contributed by atoms with Gasteiger partial charge in [0.2, 0.25) is 11.8 Å². The fourth-order valence-electron chi connectivity index (χ4n) is 1.51. The second-order valence-electron chi connectivity index (χ2n) is 4.39. The molecular formula is C14H19ClN2O3S. The maximum absolute atomic E-state index is 11.8. The number of carbonyl (C=O) groups excluding carboxylic acids is 2. The number of nitrogens with two attached hydrogens (primary N) is 1. The molecule has 0 aliphatic rings. The van der Waals surface area contributed by atoms with Gasteiger partial charge >= 0.3 is 0 Å². The van der Waals surface area contributed by atoms with E-state index in [1.165, 1.54) is 11.8 Å². The van der Waals surface area contributed by atoms with Crippen molar-refractivity contribution in [3.63, 3.8) is 0 Å². The summed E-state index contributed by atoms with van der Waals surface area (Å²) in [7, 11) is 1.72. The molecule has 1 rings (SSSR count). The van der Waals surface area contributed by atoms with E-state index < -0.39 is 0 Å². The minimum Gasteiger partial charge on any atom is -0.492 e. The van der Waals surface area contributed by atoms with E-state index in [-0.39, 0.29) is 17.6 Å². The van der Waals surface area contributed by atoms with E-state index in [2.05, 4.69) is 0 Å². The number of rotatable bonds is 9. The Kier molecular flexibility index (Phi) is 8.00. The first-order chi connectivity index (χ1) is 9.99. The molecule has 0 saturated carbocycles. The molecule has 0 aromatic heterocycles. The Balaban J connectivity index is 2.19. The van der Waals surface area contributed by atoms with Crippen LogP contribution < -0.4 is 10.5 Å². The number of benzene rings is 1. The van der Waals surface area contributed by atoms with Gasteiger partial charge in [-0.1, -0.05) is 17.7 Å². The van der Waals surface area contributed by atoms with Gasteiger partial charge in [-0.2, -0.15) is 11.8 Å². The summed E-state index contributed by atoms with van der Waals surface area (Å²) in [5.41, 5.74) is 5.02. The Bertz CT molecular complexity index is 485. The lowest BCUT2D eigenvalue weighted by atomic mass is 10.3. The van der Waals surface area contributed by atoms with Gasteiger partial charge in [0.1, 0.15) is 12.4 Å². The van der Waals surface area contributed by atoms with Crippen molar-refractivity contribution in [2.45, 2.75) is 6.42 Å². The maximum atomic E-state index is 11.8. The number of thioether (sulfide) groups is 1. The van der Waals surface area contributed by atoms with Crippen molar-refractivity contribution < 1.29 is 14.3 Å². The van der Waals surface area contributed by atoms with Gasteiger partial charge in [0, 0.05) is 24.2 Å². The summed E-state index contributed by atoms with van der Waals surface area (Å²) in [5.74, 6) is 1.16. The zero-order valence-electron chi connectivity index (χ0n) is 11.9. The first kappa shape index (κ1) is 17.7. The number of amides is 2. The second-order valence-corrected chi connectivity index (χ2v) is 5.93. The van der Waals surface area contributed by atoms with Crippen molar-refractivity contribution in [2.24, 2.45) is 5.73 Å². The van der Waals surface area contributed by atoms with Crippen molar-refractivity contribution >= 4 is 35.2 Å². The highest BCUT2D eigenvalue weighted by Gasteiger charge is 2.08. The van der Waals surface area contributed by atoms with Gasteiger partial charge in [0.05, 0.1) is 12.3 Å². The number of halogens is 1. The predicted molar refractivity (Wildman–Crippen MR) is 85.7 cm³/mol. The van der Waals surface area contributed by atoms with Gasteiger partial charge in [0.25, 0.3) is 0 Å². The number of ether oxygens (including phenoxy) is 1. The monoisotopic (exact) mass is 330 g/mol. The number of primary amides is 1. The molecule has 1 aromatic rings. The number of hydrogen-bond acceptors (Lipinski definition) is 4. The minimum absolute atomic E-state index is 0.0154. The normalized spacial score (nSPS) is 10.2. The van der Waals surface area contributed by atoms with E-state index in [0.717, 1.165) is 0 Å². The summed E-state index contributed by atoms with van der Waals surface area (Å²) in [6.45, 7) is 0.892. The Hall–Kier alpha value is -1.40. The van der Waals surface area contributed by atoms with Gasteiger partial charge in [0.15, 0.2) is 0 Å². The fraction of sp³-hybridized carbons (Fsp3) is 0.429.